The van der Waals surface area contributed by atoms with Gasteiger partial charge in [-0.3, -0.25) is 0 Å². The monoisotopic (exact) mass is 291 g/mol. The first-order chi connectivity index (χ1) is 10.2. The number of halogens is 2. The molecule has 0 aliphatic carbocycles. The molecule has 21 heavy (non-hydrogen) atoms. The molecule has 3 rings (SSSR count). The fourth-order valence-corrected chi connectivity index (χ4v) is 1.78. The van der Waals surface area contributed by atoms with Crippen LogP contribution in [0.15, 0.2) is 24.5 Å². The number of H-pyrrole nitrogens is 1. The van der Waals surface area contributed by atoms with E-state index in [0.717, 1.165) is 18.2 Å². The van der Waals surface area contributed by atoms with E-state index in [4.69, 9.17) is 4.74 Å². The number of fused-ring (bicyclic) bond motifs is 1. The van der Waals surface area contributed by atoms with Crippen LogP contribution in [0.1, 0.15) is 6.92 Å². The Morgan fingerprint density at radius 3 is 2.95 bits per heavy atom. The highest BCUT2D eigenvalue weighted by molar-refractivity contribution is 5.77. The van der Waals surface area contributed by atoms with Crippen LogP contribution < -0.4 is 10.1 Å². The highest BCUT2D eigenvalue weighted by atomic mass is 19.1. The summed E-state index contributed by atoms with van der Waals surface area (Å²) in [5, 5.41) is 2.92. The first-order valence-electron chi connectivity index (χ1n) is 6.25. The lowest BCUT2D eigenvalue weighted by Gasteiger charge is -2.08. The van der Waals surface area contributed by atoms with E-state index in [1.54, 1.807) is 0 Å². The van der Waals surface area contributed by atoms with Gasteiger partial charge >= 0.3 is 0 Å². The van der Waals surface area contributed by atoms with Crippen LogP contribution in [0.3, 0.4) is 0 Å². The van der Waals surface area contributed by atoms with Crippen molar-refractivity contribution >= 4 is 17.1 Å². The minimum Gasteiger partial charge on any atom is -0.434 e. The number of aromatic amines is 1. The molecule has 0 radical (unpaired) electrons. The Morgan fingerprint density at radius 1 is 1.29 bits per heavy atom. The van der Waals surface area contributed by atoms with Crippen LogP contribution in [0.2, 0.25) is 0 Å². The molecular weight excluding hydrogens is 280 g/mol. The van der Waals surface area contributed by atoms with Gasteiger partial charge in [0.15, 0.2) is 17.2 Å². The van der Waals surface area contributed by atoms with Crippen LogP contribution >= 0.6 is 0 Å². The van der Waals surface area contributed by atoms with Gasteiger partial charge in [0.05, 0.1) is 6.33 Å². The van der Waals surface area contributed by atoms with Gasteiger partial charge in [-0.25, -0.2) is 13.8 Å². The zero-order chi connectivity index (χ0) is 14.8. The van der Waals surface area contributed by atoms with Crippen LogP contribution in [0.4, 0.5) is 14.7 Å². The van der Waals surface area contributed by atoms with Crippen molar-refractivity contribution in [3.05, 3.63) is 36.2 Å². The van der Waals surface area contributed by atoms with Crippen LogP contribution in [0.25, 0.3) is 11.2 Å². The van der Waals surface area contributed by atoms with Gasteiger partial charge in [0.2, 0.25) is 5.95 Å². The molecule has 108 valence electrons. The van der Waals surface area contributed by atoms with Gasteiger partial charge in [-0.15, -0.1) is 0 Å². The Kier molecular flexibility index (Phi) is 3.35. The van der Waals surface area contributed by atoms with Gasteiger partial charge in [-0.1, -0.05) is 0 Å². The summed E-state index contributed by atoms with van der Waals surface area (Å²) in [4.78, 5) is 15.1. The molecule has 0 saturated carbocycles. The topological polar surface area (TPSA) is 75.7 Å². The summed E-state index contributed by atoms with van der Waals surface area (Å²) in [5.74, 6) is -1.19. The number of benzene rings is 1. The van der Waals surface area contributed by atoms with E-state index in [2.05, 4.69) is 25.3 Å². The molecule has 0 unspecified atom stereocenters. The maximum Gasteiger partial charge on any atom is 0.250 e. The van der Waals surface area contributed by atoms with Gasteiger partial charge < -0.3 is 15.0 Å². The summed E-state index contributed by atoms with van der Waals surface area (Å²) in [6.45, 7) is 2.48. The first kappa shape index (κ1) is 13.2. The maximum atomic E-state index is 13.7. The third kappa shape index (κ3) is 2.60. The quantitative estimate of drug-likeness (QED) is 0.773. The smallest absolute Gasteiger partial charge is 0.250 e. The minimum atomic E-state index is -0.687. The fourth-order valence-electron chi connectivity index (χ4n) is 1.78. The molecule has 0 amide bonds. The lowest BCUT2D eigenvalue weighted by molar-refractivity contribution is 0.426. The summed E-state index contributed by atoms with van der Waals surface area (Å²) >= 11 is 0. The second-order valence-corrected chi connectivity index (χ2v) is 4.16. The number of ether oxygens (including phenoxy) is 1. The fraction of sp³-hybridized carbons (Fsp3) is 0.154. The van der Waals surface area contributed by atoms with Crippen LogP contribution in [-0.2, 0) is 0 Å². The Labute approximate surface area is 118 Å². The van der Waals surface area contributed by atoms with Crippen molar-refractivity contribution in [2.45, 2.75) is 6.92 Å². The second kappa shape index (κ2) is 5.31. The van der Waals surface area contributed by atoms with Gasteiger partial charge in [-0.2, -0.15) is 9.97 Å². The molecule has 0 aliphatic heterocycles. The highest BCUT2D eigenvalue weighted by Crippen LogP contribution is 2.28. The Bertz CT molecular complexity index is 789. The highest BCUT2D eigenvalue weighted by Gasteiger charge is 2.14. The molecule has 0 bridgehead atoms. The van der Waals surface area contributed by atoms with E-state index < -0.39 is 11.6 Å². The van der Waals surface area contributed by atoms with Crippen molar-refractivity contribution in [1.82, 2.24) is 19.9 Å². The summed E-state index contributed by atoms with van der Waals surface area (Å²) in [7, 11) is 0. The van der Waals surface area contributed by atoms with Gasteiger partial charge in [-0.05, 0) is 19.1 Å². The van der Waals surface area contributed by atoms with Crippen molar-refractivity contribution in [1.29, 1.82) is 0 Å². The van der Waals surface area contributed by atoms with Gasteiger partial charge in [0.1, 0.15) is 11.3 Å². The van der Waals surface area contributed by atoms with Crippen molar-refractivity contribution in [3.8, 4) is 11.6 Å². The van der Waals surface area contributed by atoms with Gasteiger partial charge in [0, 0.05) is 12.6 Å². The third-order valence-corrected chi connectivity index (χ3v) is 2.69. The van der Waals surface area contributed by atoms with Gasteiger partial charge in [0.25, 0.3) is 5.88 Å². The number of nitrogens with zero attached hydrogens (tertiary/aromatic N) is 3. The first-order valence-corrected chi connectivity index (χ1v) is 6.25. The number of aromatic nitrogens is 4. The molecule has 0 fully saturated rings. The van der Waals surface area contributed by atoms with E-state index in [1.165, 1.54) is 6.33 Å². The summed E-state index contributed by atoms with van der Waals surface area (Å²) in [6, 6.07) is 2.95. The van der Waals surface area contributed by atoms with Crippen LogP contribution in [0.5, 0.6) is 11.6 Å². The number of imidazole rings is 1. The van der Waals surface area contributed by atoms with Crippen LogP contribution in [0, 0.1) is 11.6 Å². The predicted molar refractivity (Wildman–Crippen MR) is 72.3 cm³/mol. The largest absolute Gasteiger partial charge is 0.434 e. The maximum absolute atomic E-state index is 13.7. The second-order valence-electron chi connectivity index (χ2n) is 4.16. The SMILES string of the molecule is CCNc1nc(Oc2cc(F)ccc2F)c2[nH]cnc2n1. The average molecular weight is 291 g/mol. The molecule has 2 N–H and O–H groups in total. The Balaban J connectivity index is 2.06. The summed E-state index contributed by atoms with van der Waals surface area (Å²) in [6.07, 6.45) is 1.42. The molecule has 2 aromatic heterocycles. The van der Waals surface area contributed by atoms with E-state index in [0.29, 0.717) is 23.7 Å². The molecule has 0 aliphatic rings. The average Bonchev–Trinajstić information content (AvgIpc) is 2.92. The molecule has 6 nitrogen and oxygen atoms in total. The van der Waals surface area contributed by atoms with Crippen LogP contribution in [-0.4, -0.2) is 26.5 Å². The number of anilines is 1. The molecular formula is C13H11F2N5O. The van der Waals surface area contributed by atoms with E-state index in [1.807, 2.05) is 6.92 Å². The lowest BCUT2D eigenvalue weighted by atomic mass is 10.3. The van der Waals surface area contributed by atoms with Crippen molar-refractivity contribution in [2.24, 2.45) is 0 Å². The normalized spacial score (nSPS) is 10.8. The third-order valence-electron chi connectivity index (χ3n) is 2.69. The number of nitrogens with one attached hydrogen (secondary N) is 2. The Hall–Kier alpha value is -2.77. The molecule has 0 spiro atoms. The Morgan fingerprint density at radius 2 is 2.14 bits per heavy atom. The van der Waals surface area contributed by atoms with E-state index in [9.17, 15) is 8.78 Å². The van der Waals surface area contributed by atoms with E-state index in [-0.39, 0.29) is 11.6 Å². The number of hydrogen-bond donors (Lipinski definition) is 2. The zero-order valence-corrected chi connectivity index (χ0v) is 11.0. The van der Waals surface area contributed by atoms with Crippen molar-refractivity contribution < 1.29 is 13.5 Å². The standard InChI is InChI=1S/C13H11F2N5O/c1-2-16-13-19-11-10(17-6-18-11)12(20-13)21-9-5-7(14)3-4-8(9)15/h3-6H,2H2,1H3,(H2,16,17,18,19,20). The predicted octanol–water partition coefficient (Wildman–Crippen LogP) is 2.86. The molecule has 8 heteroatoms. The van der Waals surface area contributed by atoms with Crippen molar-refractivity contribution in [3.63, 3.8) is 0 Å². The molecule has 0 atom stereocenters. The number of hydrogen-bond acceptors (Lipinski definition) is 5. The molecule has 2 heterocycles. The molecule has 0 saturated heterocycles. The number of rotatable bonds is 4. The molecule has 1 aromatic carbocycles. The summed E-state index contributed by atoms with van der Waals surface area (Å²) in [5.41, 5.74) is 0.771. The molecule has 3 aromatic rings. The summed E-state index contributed by atoms with van der Waals surface area (Å²) < 4.78 is 32.2. The minimum absolute atomic E-state index is 0.0675. The zero-order valence-electron chi connectivity index (χ0n) is 11.0. The van der Waals surface area contributed by atoms with Crippen molar-refractivity contribution in [2.75, 3.05) is 11.9 Å². The van der Waals surface area contributed by atoms with E-state index >= 15 is 0 Å². The lowest BCUT2D eigenvalue weighted by Crippen LogP contribution is -2.04.